The second-order valence-corrected chi connectivity index (χ2v) is 5.97. The Balaban J connectivity index is 1.68. The third-order valence-electron chi connectivity index (χ3n) is 4.22. The SMILES string of the molecule is CC(c1ccc(F)cc1F)N1CCN(c2ncncc2Cl)CC1. The van der Waals surface area contributed by atoms with Crippen molar-refractivity contribution in [2.24, 2.45) is 0 Å². The summed E-state index contributed by atoms with van der Waals surface area (Å²) in [5.74, 6) is -0.331. The molecule has 2 heterocycles. The maximum Gasteiger partial charge on any atom is 0.150 e. The summed E-state index contributed by atoms with van der Waals surface area (Å²) >= 11 is 6.12. The first-order chi connectivity index (χ1) is 11.1. The summed E-state index contributed by atoms with van der Waals surface area (Å²) in [4.78, 5) is 12.4. The molecule has 2 aromatic rings. The third kappa shape index (κ3) is 3.43. The van der Waals surface area contributed by atoms with Crippen molar-refractivity contribution in [1.29, 1.82) is 0 Å². The van der Waals surface area contributed by atoms with Crippen molar-refractivity contribution in [2.75, 3.05) is 31.1 Å². The fourth-order valence-electron chi connectivity index (χ4n) is 2.90. The Hall–Kier alpha value is -1.79. The van der Waals surface area contributed by atoms with Gasteiger partial charge in [0.05, 0.1) is 6.20 Å². The number of hydrogen-bond donors (Lipinski definition) is 0. The lowest BCUT2D eigenvalue weighted by Crippen LogP contribution is -2.47. The van der Waals surface area contributed by atoms with Gasteiger partial charge in [-0.3, -0.25) is 4.90 Å². The van der Waals surface area contributed by atoms with Crippen LogP contribution in [0.4, 0.5) is 14.6 Å². The normalized spacial score (nSPS) is 17.3. The van der Waals surface area contributed by atoms with Gasteiger partial charge in [-0.2, -0.15) is 0 Å². The molecule has 0 aliphatic carbocycles. The van der Waals surface area contributed by atoms with Gasteiger partial charge in [-0.1, -0.05) is 17.7 Å². The molecular formula is C16H17ClF2N4. The summed E-state index contributed by atoms with van der Waals surface area (Å²) in [6.07, 6.45) is 3.05. The highest BCUT2D eigenvalue weighted by Gasteiger charge is 2.25. The minimum absolute atomic E-state index is 0.112. The number of aromatic nitrogens is 2. The van der Waals surface area contributed by atoms with Crippen LogP contribution in [-0.2, 0) is 0 Å². The molecule has 3 rings (SSSR count). The highest BCUT2D eigenvalue weighted by atomic mass is 35.5. The average molecular weight is 339 g/mol. The molecule has 1 aromatic carbocycles. The van der Waals surface area contributed by atoms with E-state index in [0.717, 1.165) is 38.1 Å². The van der Waals surface area contributed by atoms with E-state index in [0.29, 0.717) is 10.6 Å². The molecule has 23 heavy (non-hydrogen) atoms. The molecular weight excluding hydrogens is 322 g/mol. The summed E-state index contributed by atoms with van der Waals surface area (Å²) in [7, 11) is 0. The van der Waals surface area contributed by atoms with Gasteiger partial charge < -0.3 is 4.90 Å². The van der Waals surface area contributed by atoms with Crippen LogP contribution in [0.3, 0.4) is 0 Å². The van der Waals surface area contributed by atoms with Gasteiger partial charge in [0.1, 0.15) is 23.0 Å². The zero-order valence-corrected chi connectivity index (χ0v) is 13.5. The van der Waals surface area contributed by atoms with Gasteiger partial charge in [0.25, 0.3) is 0 Å². The van der Waals surface area contributed by atoms with E-state index in [1.807, 2.05) is 6.92 Å². The third-order valence-corrected chi connectivity index (χ3v) is 4.49. The van der Waals surface area contributed by atoms with Crippen LogP contribution in [0.2, 0.25) is 5.02 Å². The van der Waals surface area contributed by atoms with E-state index < -0.39 is 11.6 Å². The summed E-state index contributed by atoms with van der Waals surface area (Å²) in [5, 5.41) is 0.526. The molecule has 0 radical (unpaired) electrons. The smallest absolute Gasteiger partial charge is 0.150 e. The number of anilines is 1. The Morgan fingerprint density at radius 2 is 1.91 bits per heavy atom. The quantitative estimate of drug-likeness (QED) is 0.859. The maximum absolute atomic E-state index is 13.9. The zero-order chi connectivity index (χ0) is 16.4. The summed E-state index contributed by atoms with van der Waals surface area (Å²) in [5.41, 5.74) is 0.514. The van der Waals surface area contributed by atoms with Crippen LogP contribution in [0.15, 0.2) is 30.7 Å². The van der Waals surface area contributed by atoms with Crippen molar-refractivity contribution in [3.63, 3.8) is 0 Å². The number of benzene rings is 1. The van der Waals surface area contributed by atoms with Crippen molar-refractivity contribution in [3.05, 3.63) is 52.9 Å². The molecule has 4 nitrogen and oxygen atoms in total. The number of hydrogen-bond acceptors (Lipinski definition) is 4. The van der Waals surface area contributed by atoms with E-state index in [2.05, 4.69) is 19.8 Å². The van der Waals surface area contributed by atoms with Crippen molar-refractivity contribution >= 4 is 17.4 Å². The number of nitrogens with zero attached hydrogens (tertiary/aromatic N) is 4. The molecule has 1 aliphatic rings. The molecule has 0 N–H and O–H groups in total. The molecule has 1 saturated heterocycles. The number of halogens is 3. The topological polar surface area (TPSA) is 32.3 Å². The van der Waals surface area contributed by atoms with E-state index in [1.165, 1.54) is 18.5 Å². The predicted molar refractivity (Wildman–Crippen MR) is 85.6 cm³/mol. The fourth-order valence-corrected chi connectivity index (χ4v) is 3.12. The zero-order valence-electron chi connectivity index (χ0n) is 12.7. The molecule has 0 bridgehead atoms. The Morgan fingerprint density at radius 3 is 2.57 bits per heavy atom. The van der Waals surface area contributed by atoms with Gasteiger partial charge in [-0.25, -0.2) is 18.7 Å². The predicted octanol–water partition coefficient (Wildman–Crippen LogP) is 3.29. The van der Waals surface area contributed by atoms with Crippen LogP contribution in [0.1, 0.15) is 18.5 Å². The van der Waals surface area contributed by atoms with Crippen molar-refractivity contribution < 1.29 is 8.78 Å². The molecule has 0 amide bonds. The first kappa shape index (κ1) is 16.1. The second kappa shape index (κ2) is 6.76. The largest absolute Gasteiger partial charge is 0.353 e. The van der Waals surface area contributed by atoms with E-state index >= 15 is 0 Å². The Morgan fingerprint density at radius 1 is 1.17 bits per heavy atom. The van der Waals surface area contributed by atoms with Gasteiger partial charge in [-0.05, 0) is 13.0 Å². The molecule has 0 spiro atoms. The molecule has 1 fully saturated rings. The minimum atomic E-state index is -0.554. The minimum Gasteiger partial charge on any atom is -0.353 e. The first-order valence-electron chi connectivity index (χ1n) is 7.45. The molecule has 0 saturated carbocycles. The lowest BCUT2D eigenvalue weighted by Gasteiger charge is -2.38. The standard InChI is InChI=1S/C16H17ClF2N4/c1-11(13-3-2-12(18)8-15(13)19)22-4-6-23(7-5-22)16-14(17)9-20-10-21-16/h2-3,8-11H,4-7H2,1H3. The Labute approximate surface area is 138 Å². The van der Waals surface area contributed by atoms with Crippen molar-refractivity contribution in [2.45, 2.75) is 13.0 Å². The Kier molecular flexibility index (Phi) is 4.73. The lowest BCUT2D eigenvalue weighted by atomic mass is 10.1. The lowest BCUT2D eigenvalue weighted by molar-refractivity contribution is 0.194. The number of piperazine rings is 1. The van der Waals surface area contributed by atoms with Crippen LogP contribution in [0.5, 0.6) is 0 Å². The first-order valence-corrected chi connectivity index (χ1v) is 7.83. The molecule has 7 heteroatoms. The van der Waals surface area contributed by atoms with Gasteiger partial charge in [0, 0.05) is 43.9 Å². The van der Waals surface area contributed by atoms with Crippen molar-refractivity contribution in [3.8, 4) is 0 Å². The van der Waals surface area contributed by atoms with Gasteiger partial charge in [0.2, 0.25) is 0 Å². The highest BCUT2D eigenvalue weighted by molar-refractivity contribution is 6.32. The van der Waals surface area contributed by atoms with Gasteiger partial charge >= 0.3 is 0 Å². The number of rotatable bonds is 3. The second-order valence-electron chi connectivity index (χ2n) is 5.56. The van der Waals surface area contributed by atoms with Crippen LogP contribution in [-0.4, -0.2) is 41.0 Å². The van der Waals surface area contributed by atoms with Crippen LogP contribution in [0, 0.1) is 11.6 Å². The molecule has 122 valence electrons. The molecule has 1 atom stereocenters. The van der Waals surface area contributed by atoms with E-state index in [4.69, 9.17) is 11.6 Å². The summed E-state index contributed by atoms with van der Waals surface area (Å²) in [6.45, 7) is 4.91. The van der Waals surface area contributed by atoms with Crippen LogP contribution >= 0.6 is 11.6 Å². The van der Waals surface area contributed by atoms with E-state index in [1.54, 1.807) is 6.20 Å². The van der Waals surface area contributed by atoms with Crippen LogP contribution in [0.25, 0.3) is 0 Å². The molecule has 1 aromatic heterocycles. The van der Waals surface area contributed by atoms with Crippen LogP contribution < -0.4 is 4.90 Å². The highest BCUT2D eigenvalue weighted by Crippen LogP contribution is 2.27. The van der Waals surface area contributed by atoms with E-state index in [9.17, 15) is 8.78 Å². The summed E-state index contributed by atoms with van der Waals surface area (Å²) in [6, 6.07) is 3.64. The van der Waals surface area contributed by atoms with Gasteiger partial charge in [0.15, 0.2) is 5.82 Å². The van der Waals surface area contributed by atoms with E-state index in [-0.39, 0.29) is 6.04 Å². The average Bonchev–Trinajstić information content (AvgIpc) is 2.55. The Bertz CT molecular complexity index is 690. The summed E-state index contributed by atoms with van der Waals surface area (Å²) < 4.78 is 27.0. The van der Waals surface area contributed by atoms with Crippen molar-refractivity contribution in [1.82, 2.24) is 14.9 Å². The molecule has 1 aliphatic heterocycles. The fraction of sp³-hybridized carbons (Fsp3) is 0.375. The maximum atomic E-state index is 13.9. The molecule has 1 unspecified atom stereocenters. The monoisotopic (exact) mass is 338 g/mol. The van der Waals surface area contributed by atoms with Gasteiger partial charge in [-0.15, -0.1) is 0 Å².